The van der Waals surface area contributed by atoms with Crippen LogP contribution in [0.4, 0.5) is 15.8 Å². The predicted octanol–water partition coefficient (Wildman–Crippen LogP) is 2.80. The predicted molar refractivity (Wildman–Crippen MR) is 81.3 cm³/mol. The third-order valence-electron chi connectivity index (χ3n) is 2.68. The minimum Gasteiger partial charge on any atom is -0.482 e. The minimum atomic E-state index is -0.385. The van der Waals surface area contributed by atoms with Gasteiger partial charge in [-0.05, 0) is 36.4 Å². The molecule has 0 aromatic heterocycles. The summed E-state index contributed by atoms with van der Waals surface area (Å²) in [4.78, 5) is 22.9. The van der Waals surface area contributed by atoms with Gasteiger partial charge in [0.2, 0.25) is 5.91 Å². The van der Waals surface area contributed by atoms with Gasteiger partial charge < -0.3 is 15.4 Å². The van der Waals surface area contributed by atoms with Gasteiger partial charge in [0.1, 0.15) is 11.6 Å². The molecule has 0 atom stereocenters. The van der Waals surface area contributed by atoms with E-state index in [-0.39, 0.29) is 24.2 Å². The van der Waals surface area contributed by atoms with Gasteiger partial charge in [0.15, 0.2) is 6.61 Å². The number of nitrogens with one attached hydrogen (secondary N) is 2. The standard InChI is InChI=1S/C16H15FN2O3/c1-11(20)18-14-4-2-3-5-15(14)22-10-16(21)19-13-8-6-12(17)7-9-13/h2-9H,10H2,1H3,(H,18,20)(H,19,21). The fourth-order valence-electron chi connectivity index (χ4n) is 1.76. The second-order valence-electron chi connectivity index (χ2n) is 4.52. The summed E-state index contributed by atoms with van der Waals surface area (Å²) in [7, 11) is 0. The van der Waals surface area contributed by atoms with Gasteiger partial charge >= 0.3 is 0 Å². The molecule has 0 bridgehead atoms. The molecule has 0 saturated carbocycles. The summed E-state index contributed by atoms with van der Waals surface area (Å²) < 4.78 is 18.2. The van der Waals surface area contributed by atoms with Gasteiger partial charge in [-0.3, -0.25) is 9.59 Å². The van der Waals surface area contributed by atoms with Crippen molar-refractivity contribution in [2.24, 2.45) is 0 Å². The normalized spacial score (nSPS) is 9.91. The van der Waals surface area contributed by atoms with Gasteiger partial charge in [0.25, 0.3) is 5.91 Å². The van der Waals surface area contributed by atoms with E-state index in [0.29, 0.717) is 17.1 Å². The largest absolute Gasteiger partial charge is 0.482 e. The number of para-hydroxylation sites is 2. The van der Waals surface area contributed by atoms with Crippen molar-refractivity contribution in [2.75, 3.05) is 17.2 Å². The van der Waals surface area contributed by atoms with Crippen molar-refractivity contribution < 1.29 is 18.7 Å². The van der Waals surface area contributed by atoms with Crippen LogP contribution in [0.5, 0.6) is 5.75 Å². The van der Waals surface area contributed by atoms with Gasteiger partial charge in [0.05, 0.1) is 5.69 Å². The summed E-state index contributed by atoms with van der Waals surface area (Å²) in [6.07, 6.45) is 0. The van der Waals surface area contributed by atoms with Crippen LogP contribution in [-0.2, 0) is 9.59 Å². The van der Waals surface area contributed by atoms with E-state index < -0.39 is 0 Å². The van der Waals surface area contributed by atoms with E-state index in [1.165, 1.54) is 31.2 Å². The fraction of sp³-hybridized carbons (Fsp3) is 0.125. The first-order chi connectivity index (χ1) is 10.5. The molecule has 2 aromatic carbocycles. The molecule has 0 aliphatic heterocycles. The van der Waals surface area contributed by atoms with Crippen LogP contribution in [0.2, 0.25) is 0 Å². The van der Waals surface area contributed by atoms with E-state index in [1.807, 2.05) is 0 Å². The van der Waals surface area contributed by atoms with Gasteiger partial charge in [-0.1, -0.05) is 12.1 Å². The van der Waals surface area contributed by atoms with E-state index in [4.69, 9.17) is 4.74 Å². The molecule has 2 N–H and O–H groups in total. The van der Waals surface area contributed by atoms with Gasteiger partial charge in [-0.2, -0.15) is 0 Å². The quantitative estimate of drug-likeness (QED) is 0.892. The van der Waals surface area contributed by atoms with Crippen LogP contribution >= 0.6 is 0 Å². The molecule has 0 saturated heterocycles. The maximum Gasteiger partial charge on any atom is 0.262 e. The monoisotopic (exact) mass is 302 g/mol. The molecule has 114 valence electrons. The zero-order valence-electron chi connectivity index (χ0n) is 11.9. The lowest BCUT2D eigenvalue weighted by molar-refractivity contribution is -0.118. The van der Waals surface area contributed by atoms with E-state index in [9.17, 15) is 14.0 Å². The highest BCUT2D eigenvalue weighted by molar-refractivity contribution is 5.92. The summed E-state index contributed by atoms with van der Waals surface area (Å²) in [6, 6.07) is 12.2. The highest BCUT2D eigenvalue weighted by Gasteiger charge is 2.08. The van der Waals surface area contributed by atoms with Gasteiger partial charge in [0, 0.05) is 12.6 Å². The van der Waals surface area contributed by atoms with E-state index in [0.717, 1.165) is 0 Å². The van der Waals surface area contributed by atoms with E-state index in [2.05, 4.69) is 10.6 Å². The molecule has 0 unspecified atom stereocenters. The molecule has 0 spiro atoms. The van der Waals surface area contributed by atoms with Crippen molar-refractivity contribution in [3.63, 3.8) is 0 Å². The first-order valence-corrected chi connectivity index (χ1v) is 6.59. The van der Waals surface area contributed by atoms with Crippen LogP contribution in [0.1, 0.15) is 6.92 Å². The number of ether oxygens (including phenoxy) is 1. The molecule has 2 rings (SSSR count). The summed E-state index contributed by atoms with van der Waals surface area (Å²) in [6.45, 7) is 1.16. The number of amides is 2. The average molecular weight is 302 g/mol. The molecule has 0 radical (unpaired) electrons. The number of halogens is 1. The van der Waals surface area contributed by atoms with Crippen LogP contribution in [0.3, 0.4) is 0 Å². The van der Waals surface area contributed by atoms with Crippen LogP contribution in [0.25, 0.3) is 0 Å². The number of hydrogen-bond donors (Lipinski definition) is 2. The molecule has 0 heterocycles. The molecule has 6 heteroatoms. The Hall–Kier alpha value is -2.89. The minimum absolute atomic E-state index is 0.228. The topological polar surface area (TPSA) is 67.4 Å². The maximum absolute atomic E-state index is 12.8. The molecule has 0 fully saturated rings. The van der Waals surface area contributed by atoms with Crippen molar-refractivity contribution in [1.29, 1.82) is 0 Å². The van der Waals surface area contributed by atoms with Gasteiger partial charge in [-0.15, -0.1) is 0 Å². The van der Waals surface area contributed by atoms with Crippen molar-refractivity contribution >= 4 is 23.2 Å². The molecule has 2 amide bonds. The Morgan fingerprint density at radius 2 is 1.73 bits per heavy atom. The second kappa shape index (κ2) is 7.21. The van der Waals surface area contributed by atoms with Crippen molar-refractivity contribution in [2.45, 2.75) is 6.92 Å². The lowest BCUT2D eigenvalue weighted by Gasteiger charge is -2.11. The molecule has 5 nitrogen and oxygen atoms in total. The number of anilines is 2. The van der Waals surface area contributed by atoms with Gasteiger partial charge in [-0.25, -0.2) is 4.39 Å². The highest BCUT2D eigenvalue weighted by Crippen LogP contribution is 2.23. The molecular weight excluding hydrogens is 287 g/mol. The fourth-order valence-corrected chi connectivity index (χ4v) is 1.76. The van der Waals surface area contributed by atoms with Crippen molar-refractivity contribution in [3.8, 4) is 5.75 Å². The Balaban J connectivity index is 1.93. The molecule has 2 aromatic rings. The van der Waals surface area contributed by atoms with E-state index >= 15 is 0 Å². The first kappa shape index (κ1) is 15.5. The van der Waals surface area contributed by atoms with Crippen LogP contribution in [-0.4, -0.2) is 18.4 Å². The summed E-state index contributed by atoms with van der Waals surface area (Å²) in [5, 5.41) is 5.20. The zero-order chi connectivity index (χ0) is 15.9. The number of benzene rings is 2. The number of carbonyl (C=O) groups is 2. The van der Waals surface area contributed by atoms with Crippen LogP contribution in [0, 0.1) is 5.82 Å². The Morgan fingerprint density at radius 3 is 2.41 bits per heavy atom. The molecule has 0 aliphatic carbocycles. The lowest BCUT2D eigenvalue weighted by atomic mass is 10.3. The summed E-state index contributed by atoms with van der Waals surface area (Å²) in [5.74, 6) is -0.596. The summed E-state index contributed by atoms with van der Waals surface area (Å²) in [5.41, 5.74) is 0.967. The second-order valence-corrected chi connectivity index (χ2v) is 4.52. The maximum atomic E-state index is 12.8. The Bertz CT molecular complexity index is 671. The third-order valence-corrected chi connectivity index (χ3v) is 2.68. The number of hydrogen-bond acceptors (Lipinski definition) is 3. The van der Waals surface area contributed by atoms with Crippen molar-refractivity contribution in [1.82, 2.24) is 0 Å². The average Bonchev–Trinajstić information content (AvgIpc) is 2.48. The van der Waals surface area contributed by atoms with E-state index in [1.54, 1.807) is 24.3 Å². The zero-order valence-corrected chi connectivity index (χ0v) is 11.9. The Labute approximate surface area is 127 Å². The van der Waals surface area contributed by atoms with Crippen LogP contribution in [0.15, 0.2) is 48.5 Å². The number of rotatable bonds is 5. The molecular formula is C16H15FN2O3. The third kappa shape index (κ3) is 4.59. The Morgan fingerprint density at radius 1 is 1.05 bits per heavy atom. The number of carbonyl (C=O) groups excluding carboxylic acids is 2. The molecule has 0 aliphatic rings. The lowest BCUT2D eigenvalue weighted by Crippen LogP contribution is -2.20. The molecule has 22 heavy (non-hydrogen) atoms. The SMILES string of the molecule is CC(=O)Nc1ccccc1OCC(=O)Nc1ccc(F)cc1. The smallest absolute Gasteiger partial charge is 0.262 e. The van der Waals surface area contributed by atoms with Crippen molar-refractivity contribution in [3.05, 3.63) is 54.3 Å². The highest BCUT2D eigenvalue weighted by atomic mass is 19.1. The summed E-state index contributed by atoms with van der Waals surface area (Å²) >= 11 is 0. The first-order valence-electron chi connectivity index (χ1n) is 6.59. The Kier molecular flexibility index (Phi) is 5.08. The van der Waals surface area contributed by atoms with Crippen LogP contribution < -0.4 is 15.4 Å².